The van der Waals surface area contributed by atoms with E-state index in [1.54, 1.807) is 0 Å². The number of pyridine rings is 1. The van der Waals surface area contributed by atoms with Crippen molar-refractivity contribution in [2.45, 2.75) is 19.5 Å². The van der Waals surface area contributed by atoms with Crippen molar-refractivity contribution in [3.05, 3.63) is 23.0 Å². The molecule has 1 aromatic rings. The highest BCUT2D eigenvalue weighted by molar-refractivity contribution is 5.39. The fourth-order valence-corrected chi connectivity index (χ4v) is 1.02. The number of aromatic hydroxyl groups is 1. The third-order valence-electron chi connectivity index (χ3n) is 1.72. The predicted molar refractivity (Wildman–Crippen MR) is 40.6 cm³/mol. The zero-order valence-electron chi connectivity index (χ0n) is 7.44. The molecule has 1 rings (SSSR count). The molecule has 0 atom stereocenters. The first kappa shape index (κ1) is 11.7. The van der Waals surface area contributed by atoms with Gasteiger partial charge in [-0.2, -0.15) is 13.2 Å². The van der Waals surface area contributed by atoms with Crippen molar-refractivity contribution in [1.82, 2.24) is 4.98 Å². The summed E-state index contributed by atoms with van der Waals surface area (Å²) in [5.74, 6) is -1.12. The molecule has 0 saturated heterocycles. The van der Waals surface area contributed by atoms with Crippen LogP contribution in [0.2, 0.25) is 0 Å². The van der Waals surface area contributed by atoms with Crippen LogP contribution in [0, 0.1) is 6.92 Å². The molecule has 0 aliphatic rings. The van der Waals surface area contributed by atoms with Crippen molar-refractivity contribution in [3.63, 3.8) is 0 Å². The van der Waals surface area contributed by atoms with Crippen molar-refractivity contribution < 1.29 is 27.1 Å². The molecule has 1 N–H and O–H groups in total. The second-order valence-electron chi connectivity index (χ2n) is 2.83. The van der Waals surface area contributed by atoms with E-state index in [0.717, 1.165) is 6.92 Å². The van der Waals surface area contributed by atoms with Crippen molar-refractivity contribution in [1.29, 1.82) is 0 Å². The molecule has 0 aliphatic carbocycles. The number of hydrogen-bond donors (Lipinski definition) is 1. The van der Waals surface area contributed by atoms with Gasteiger partial charge in [0.25, 0.3) is 6.43 Å². The van der Waals surface area contributed by atoms with E-state index in [-0.39, 0.29) is 6.07 Å². The van der Waals surface area contributed by atoms with E-state index >= 15 is 0 Å². The molecule has 15 heavy (non-hydrogen) atoms. The first-order valence-corrected chi connectivity index (χ1v) is 3.79. The Hall–Kier alpha value is -1.40. The van der Waals surface area contributed by atoms with Crippen molar-refractivity contribution in [2.24, 2.45) is 0 Å². The molecule has 0 aromatic carbocycles. The van der Waals surface area contributed by atoms with Gasteiger partial charge >= 0.3 is 6.18 Å². The minimum absolute atomic E-state index is 0.146. The quantitative estimate of drug-likeness (QED) is 0.748. The van der Waals surface area contributed by atoms with Gasteiger partial charge < -0.3 is 5.11 Å². The van der Waals surface area contributed by atoms with Gasteiger partial charge in [-0.15, -0.1) is 0 Å². The number of alkyl halides is 5. The normalized spacial score (nSPS) is 12.2. The monoisotopic (exact) mass is 227 g/mol. The third-order valence-corrected chi connectivity index (χ3v) is 1.72. The average Bonchev–Trinajstić information content (AvgIpc) is 2.06. The van der Waals surface area contributed by atoms with Crippen LogP contribution in [0.4, 0.5) is 22.0 Å². The second kappa shape index (κ2) is 3.63. The molecular weight excluding hydrogens is 221 g/mol. The molecule has 0 fully saturated rings. The lowest BCUT2D eigenvalue weighted by atomic mass is 10.1. The van der Waals surface area contributed by atoms with Gasteiger partial charge in [0, 0.05) is 0 Å². The van der Waals surface area contributed by atoms with Gasteiger partial charge in [0.15, 0.2) is 0 Å². The van der Waals surface area contributed by atoms with Crippen molar-refractivity contribution in [2.75, 3.05) is 0 Å². The molecular formula is C8H6F5NO. The smallest absolute Gasteiger partial charge is 0.420 e. The van der Waals surface area contributed by atoms with Gasteiger partial charge in [-0.05, 0) is 13.0 Å². The van der Waals surface area contributed by atoms with E-state index < -0.39 is 35.3 Å². The van der Waals surface area contributed by atoms with Gasteiger partial charge in [0.05, 0.1) is 5.69 Å². The van der Waals surface area contributed by atoms with E-state index in [2.05, 4.69) is 4.98 Å². The average molecular weight is 227 g/mol. The maximum atomic E-state index is 12.2. The summed E-state index contributed by atoms with van der Waals surface area (Å²) in [4.78, 5) is 3.15. The molecule has 0 radical (unpaired) electrons. The topological polar surface area (TPSA) is 33.1 Å². The highest BCUT2D eigenvalue weighted by Crippen LogP contribution is 2.38. The van der Waals surface area contributed by atoms with E-state index in [4.69, 9.17) is 5.11 Å². The van der Waals surface area contributed by atoms with Crippen LogP contribution in [0.3, 0.4) is 0 Å². The summed E-state index contributed by atoms with van der Waals surface area (Å²) in [6.45, 7) is 1.02. The fraction of sp³-hybridized carbons (Fsp3) is 0.375. The number of aryl methyl sites for hydroxylation is 1. The van der Waals surface area contributed by atoms with Crippen LogP contribution in [0.25, 0.3) is 0 Å². The molecule has 1 heterocycles. The first-order valence-electron chi connectivity index (χ1n) is 3.79. The molecule has 0 spiro atoms. The Kier molecular flexibility index (Phi) is 2.83. The molecule has 2 nitrogen and oxygen atoms in total. The SMILES string of the molecule is Cc1nc(C(F)F)cc(C(F)(F)F)c1O. The Labute approximate surface area is 81.4 Å². The Morgan fingerprint density at radius 3 is 2.27 bits per heavy atom. The summed E-state index contributed by atoms with van der Waals surface area (Å²) < 4.78 is 61.0. The Bertz CT molecular complexity index is 374. The molecule has 0 amide bonds. The number of halogens is 5. The van der Waals surface area contributed by atoms with Crippen LogP contribution in [0.1, 0.15) is 23.4 Å². The number of rotatable bonds is 1. The zero-order valence-corrected chi connectivity index (χ0v) is 7.44. The number of aromatic nitrogens is 1. The van der Waals surface area contributed by atoms with E-state index in [1.165, 1.54) is 0 Å². The summed E-state index contributed by atoms with van der Waals surface area (Å²) in [5.41, 5.74) is -2.97. The highest BCUT2D eigenvalue weighted by atomic mass is 19.4. The van der Waals surface area contributed by atoms with Gasteiger partial charge in [0.1, 0.15) is 17.0 Å². The van der Waals surface area contributed by atoms with E-state index in [0.29, 0.717) is 0 Å². The van der Waals surface area contributed by atoms with Crippen LogP contribution in [-0.2, 0) is 6.18 Å². The molecule has 0 aliphatic heterocycles. The molecule has 84 valence electrons. The van der Waals surface area contributed by atoms with Gasteiger partial charge in [-0.25, -0.2) is 13.8 Å². The summed E-state index contributed by atoms with van der Waals surface area (Å²) in [6, 6.07) is 0.146. The van der Waals surface area contributed by atoms with Crippen molar-refractivity contribution >= 4 is 0 Å². The summed E-state index contributed by atoms with van der Waals surface area (Å²) in [6.07, 6.45) is -7.98. The Balaban J connectivity index is 3.38. The highest BCUT2D eigenvalue weighted by Gasteiger charge is 2.36. The van der Waals surface area contributed by atoms with Crippen LogP contribution in [-0.4, -0.2) is 10.1 Å². The number of hydrogen-bond acceptors (Lipinski definition) is 2. The lowest BCUT2D eigenvalue weighted by Gasteiger charge is -2.12. The van der Waals surface area contributed by atoms with Gasteiger partial charge in [-0.1, -0.05) is 0 Å². The standard InChI is InChI=1S/C8H6F5NO/c1-3-6(15)4(8(11,12)13)2-5(14-3)7(9)10/h2,7,15H,1H3. The van der Waals surface area contributed by atoms with Crippen LogP contribution < -0.4 is 0 Å². The number of nitrogens with zero attached hydrogens (tertiary/aromatic N) is 1. The lowest BCUT2D eigenvalue weighted by Crippen LogP contribution is -2.08. The minimum atomic E-state index is -4.87. The molecule has 0 unspecified atom stereocenters. The summed E-state index contributed by atoms with van der Waals surface area (Å²) in [7, 11) is 0. The van der Waals surface area contributed by atoms with Crippen LogP contribution >= 0.6 is 0 Å². The lowest BCUT2D eigenvalue weighted by molar-refractivity contribution is -0.139. The summed E-state index contributed by atoms with van der Waals surface area (Å²) >= 11 is 0. The molecule has 0 saturated carbocycles. The Morgan fingerprint density at radius 1 is 1.33 bits per heavy atom. The third kappa shape index (κ3) is 2.34. The molecule has 0 bridgehead atoms. The second-order valence-corrected chi connectivity index (χ2v) is 2.83. The van der Waals surface area contributed by atoms with Gasteiger partial charge in [-0.3, -0.25) is 0 Å². The van der Waals surface area contributed by atoms with Crippen molar-refractivity contribution in [3.8, 4) is 5.75 Å². The predicted octanol–water partition coefficient (Wildman–Crippen LogP) is 3.05. The summed E-state index contributed by atoms with van der Waals surface area (Å²) in [5, 5.41) is 9.01. The maximum absolute atomic E-state index is 12.2. The van der Waals surface area contributed by atoms with Gasteiger partial charge in [0.2, 0.25) is 0 Å². The Morgan fingerprint density at radius 2 is 1.87 bits per heavy atom. The van der Waals surface area contributed by atoms with E-state index in [1.807, 2.05) is 0 Å². The van der Waals surface area contributed by atoms with E-state index in [9.17, 15) is 22.0 Å². The fourth-order valence-electron chi connectivity index (χ4n) is 1.02. The van der Waals surface area contributed by atoms with Crippen LogP contribution in [0.5, 0.6) is 5.75 Å². The molecule has 1 aromatic heterocycles. The largest absolute Gasteiger partial charge is 0.505 e. The van der Waals surface area contributed by atoms with Crippen LogP contribution in [0.15, 0.2) is 6.07 Å². The zero-order chi connectivity index (χ0) is 11.8. The first-order chi connectivity index (χ1) is 6.73. The minimum Gasteiger partial charge on any atom is -0.505 e. The maximum Gasteiger partial charge on any atom is 0.420 e. The molecule has 7 heteroatoms.